The highest BCUT2D eigenvalue weighted by Gasteiger charge is 2.18. The Morgan fingerprint density at radius 1 is 1.11 bits per heavy atom. The van der Waals surface area contributed by atoms with E-state index in [9.17, 15) is 0 Å². The number of H-pyrrole nitrogens is 1. The third kappa shape index (κ3) is 2.30. The first-order valence-corrected chi connectivity index (χ1v) is 7.45. The van der Waals surface area contributed by atoms with Gasteiger partial charge in [0, 0.05) is 16.6 Å². The molecule has 0 radical (unpaired) electrons. The Balaban J connectivity index is 1.98. The van der Waals surface area contributed by atoms with Crippen molar-refractivity contribution in [1.82, 2.24) is 10.3 Å². The quantitative estimate of drug-likeness (QED) is 0.843. The predicted molar refractivity (Wildman–Crippen MR) is 81.8 cm³/mol. The number of nitrogens with one attached hydrogen (secondary N) is 2. The molecule has 1 saturated heterocycles. The van der Waals surface area contributed by atoms with E-state index in [1.807, 2.05) is 0 Å². The lowest BCUT2D eigenvalue weighted by atomic mass is 9.89. The van der Waals surface area contributed by atoms with Crippen molar-refractivity contribution < 1.29 is 0 Å². The maximum absolute atomic E-state index is 3.61. The fraction of sp³-hybridized carbons (Fsp3) is 0.529. The van der Waals surface area contributed by atoms with E-state index >= 15 is 0 Å². The van der Waals surface area contributed by atoms with Crippen LogP contribution in [0.4, 0.5) is 0 Å². The summed E-state index contributed by atoms with van der Waals surface area (Å²) in [4.78, 5) is 3.61. The summed E-state index contributed by atoms with van der Waals surface area (Å²) in [6.45, 7) is 9.01. The van der Waals surface area contributed by atoms with Crippen molar-refractivity contribution in [3.05, 3.63) is 34.5 Å². The van der Waals surface area contributed by atoms with Gasteiger partial charge in [-0.3, -0.25) is 0 Å². The number of rotatable bonds is 2. The summed E-state index contributed by atoms with van der Waals surface area (Å²) in [5.74, 6) is 0.848. The third-order valence-corrected chi connectivity index (χ3v) is 4.78. The zero-order valence-corrected chi connectivity index (χ0v) is 12.3. The van der Waals surface area contributed by atoms with Crippen LogP contribution in [0.25, 0.3) is 10.9 Å². The molecule has 1 aromatic heterocycles. The molecular formula is C17H24N2. The minimum Gasteiger partial charge on any atom is -0.358 e. The number of hydrogen-bond donors (Lipinski definition) is 2. The molecule has 1 fully saturated rings. The van der Waals surface area contributed by atoms with Gasteiger partial charge in [-0.25, -0.2) is 0 Å². The summed E-state index contributed by atoms with van der Waals surface area (Å²) in [5, 5.41) is 4.90. The number of aromatic nitrogens is 1. The molecule has 0 atom stereocenters. The van der Waals surface area contributed by atoms with Crippen LogP contribution in [0.5, 0.6) is 0 Å². The number of hydrogen-bond acceptors (Lipinski definition) is 1. The average molecular weight is 256 g/mol. The van der Waals surface area contributed by atoms with Crippen LogP contribution in [0, 0.1) is 26.7 Å². The first-order chi connectivity index (χ1) is 9.16. The highest BCUT2D eigenvalue weighted by molar-refractivity contribution is 5.88. The molecule has 0 spiro atoms. The highest BCUT2D eigenvalue weighted by atomic mass is 14.9. The first kappa shape index (κ1) is 12.7. The second kappa shape index (κ2) is 5.01. The molecule has 2 aromatic rings. The second-order valence-corrected chi connectivity index (χ2v) is 6.06. The minimum absolute atomic E-state index is 0.848. The van der Waals surface area contributed by atoms with Crippen LogP contribution >= 0.6 is 0 Å². The van der Waals surface area contributed by atoms with Crippen molar-refractivity contribution in [1.29, 1.82) is 0 Å². The van der Waals surface area contributed by atoms with Crippen molar-refractivity contribution in [2.75, 3.05) is 13.1 Å². The number of benzene rings is 1. The molecule has 1 aromatic carbocycles. The largest absolute Gasteiger partial charge is 0.358 e. The Hall–Kier alpha value is -1.28. The lowest BCUT2D eigenvalue weighted by Gasteiger charge is -2.22. The fourth-order valence-corrected chi connectivity index (χ4v) is 3.33. The Kier molecular flexibility index (Phi) is 3.36. The molecule has 0 bridgehead atoms. The molecule has 19 heavy (non-hydrogen) atoms. The standard InChI is InChI=1S/C17H24N2/c1-11-4-5-15-16(10-14-6-8-18-9-7-14)13(3)19-17(15)12(11)2/h4-5,14,18-19H,6-10H2,1-3H3. The number of fused-ring (bicyclic) bond motifs is 1. The van der Waals surface area contributed by atoms with Crippen LogP contribution < -0.4 is 5.32 Å². The molecule has 0 saturated carbocycles. The molecule has 0 unspecified atom stereocenters. The Morgan fingerprint density at radius 2 is 1.84 bits per heavy atom. The molecule has 1 aliphatic heterocycles. The van der Waals surface area contributed by atoms with Gasteiger partial charge in [-0.2, -0.15) is 0 Å². The molecule has 3 rings (SSSR count). The van der Waals surface area contributed by atoms with Crippen LogP contribution in [0.3, 0.4) is 0 Å². The van der Waals surface area contributed by atoms with E-state index in [0.29, 0.717) is 0 Å². The van der Waals surface area contributed by atoms with Gasteiger partial charge in [-0.05, 0) is 75.7 Å². The normalized spacial score (nSPS) is 17.2. The van der Waals surface area contributed by atoms with Gasteiger partial charge in [0.1, 0.15) is 0 Å². The molecule has 2 nitrogen and oxygen atoms in total. The van der Waals surface area contributed by atoms with Gasteiger partial charge in [0.25, 0.3) is 0 Å². The van der Waals surface area contributed by atoms with Crippen molar-refractivity contribution in [2.45, 2.75) is 40.0 Å². The first-order valence-electron chi connectivity index (χ1n) is 7.45. The summed E-state index contributed by atoms with van der Waals surface area (Å²) < 4.78 is 0. The molecule has 0 amide bonds. The van der Waals surface area contributed by atoms with Crippen LogP contribution in [0.1, 0.15) is 35.2 Å². The van der Waals surface area contributed by atoms with Gasteiger partial charge in [0.2, 0.25) is 0 Å². The molecule has 2 heteroatoms. The van der Waals surface area contributed by atoms with Crippen LogP contribution in [0.15, 0.2) is 12.1 Å². The molecule has 102 valence electrons. The van der Waals surface area contributed by atoms with E-state index in [1.54, 1.807) is 5.56 Å². The Morgan fingerprint density at radius 3 is 2.58 bits per heavy atom. The van der Waals surface area contributed by atoms with Gasteiger partial charge in [0.05, 0.1) is 0 Å². The second-order valence-electron chi connectivity index (χ2n) is 6.06. The summed E-state index contributed by atoms with van der Waals surface area (Å²) >= 11 is 0. The van der Waals surface area contributed by atoms with Crippen LogP contribution in [0.2, 0.25) is 0 Å². The Labute approximate surface area is 115 Å². The van der Waals surface area contributed by atoms with Gasteiger partial charge < -0.3 is 10.3 Å². The smallest absolute Gasteiger partial charge is 0.0491 e. The molecule has 2 N–H and O–H groups in total. The van der Waals surface area contributed by atoms with Crippen molar-refractivity contribution in [3.63, 3.8) is 0 Å². The molecule has 0 aliphatic carbocycles. The maximum atomic E-state index is 3.61. The molecular weight excluding hydrogens is 232 g/mol. The monoisotopic (exact) mass is 256 g/mol. The molecule has 1 aliphatic rings. The number of aryl methyl sites for hydroxylation is 3. The third-order valence-electron chi connectivity index (χ3n) is 4.78. The van der Waals surface area contributed by atoms with E-state index < -0.39 is 0 Å². The minimum atomic E-state index is 0.848. The summed E-state index contributed by atoms with van der Waals surface area (Å²) in [6.07, 6.45) is 3.87. The van der Waals surface area contributed by atoms with Crippen LogP contribution in [-0.4, -0.2) is 18.1 Å². The van der Waals surface area contributed by atoms with Gasteiger partial charge in [-0.15, -0.1) is 0 Å². The number of aromatic amines is 1. The van der Waals surface area contributed by atoms with E-state index in [-0.39, 0.29) is 0 Å². The van der Waals surface area contributed by atoms with Gasteiger partial charge >= 0.3 is 0 Å². The summed E-state index contributed by atoms with van der Waals surface area (Å²) in [5.41, 5.74) is 7.04. The zero-order valence-electron chi connectivity index (χ0n) is 12.3. The highest BCUT2D eigenvalue weighted by Crippen LogP contribution is 2.30. The SMILES string of the molecule is Cc1ccc2c(CC3CCNCC3)c(C)[nH]c2c1C. The van der Waals surface area contributed by atoms with Crippen LogP contribution in [-0.2, 0) is 6.42 Å². The van der Waals surface area contributed by atoms with Crippen molar-refractivity contribution >= 4 is 10.9 Å². The fourth-order valence-electron chi connectivity index (χ4n) is 3.33. The maximum Gasteiger partial charge on any atom is 0.0491 e. The topological polar surface area (TPSA) is 27.8 Å². The van der Waals surface area contributed by atoms with E-state index in [1.165, 1.54) is 60.1 Å². The predicted octanol–water partition coefficient (Wildman–Crippen LogP) is 3.64. The van der Waals surface area contributed by atoms with Gasteiger partial charge in [0.15, 0.2) is 0 Å². The lowest BCUT2D eigenvalue weighted by Crippen LogP contribution is -2.28. The Bertz CT molecular complexity index is 589. The van der Waals surface area contributed by atoms with Crippen molar-refractivity contribution in [3.8, 4) is 0 Å². The zero-order chi connectivity index (χ0) is 13.4. The average Bonchev–Trinajstić information content (AvgIpc) is 2.73. The van der Waals surface area contributed by atoms with E-state index in [0.717, 1.165) is 5.92 Å². The van der Waals surface area contributed by atoms with Gasteiger partial charge in [-0.1, -0.05) is 12.1 Å². The number of piperidine rings is 1. The molecule has 2 heterocycles. The summed E-state index contributed by atoms with van der Waals surface area (Å²) in [7, 11) is 0. The lowest BCUT2D eigenvalue weighted by molar-refractivity contribution is 0.373. The van der Waals surface area contributed by atoms with E-state index in [2.05, 4.69) is 43.2 Å². The van der Waals surface area contributed by atoms with E-state index in [4.69, 9.17) is 0 Å². The summed E-state index contributed by atoms with van der Waals surface area (Å²) in [6, 6.07) is 4.56. The van der Waals surface area contributed by atoms with Crippen molar-refractivity contribution in [2.24, 2.45) is 5.92 Å².